The van der Waals surface area contributed by atoms with Crippen molar-refractivity contribution in [3.8, 4) is 5.75 Å². The molecule has 0 unspecified atom stereocenters. The molecule has 0 bridgehead atoms. The molecule has 2 amide bonds. The first kappa shape index (κ1) is 20.1. The van der Waals surface area contributed by atoms with Crippen molar-refractivity contribution in [3.05, 3.63) is 76.3 Å². The molecule has 30 heavy (non-hydrogen) atoms. The number of para-hydroxylation sites is 1. The van der Waals surface area contributed by atoms with Gasteiger partial charge in [-0.3, -0.25) is 14.9 Å². The normalized spacial score (nSPS) is 12.9. The van der Waals surface area contributed by atoms with E-state index < -0.39 is 0 Å². The van der Waals surface area contributed by atoms with Gasteiger partial charge in [0, 0.05) is 23.4 Å². The summed E-state index contributed by atoms with van der Waals surface area (Å²) in [5.41, 5.74) is 2.70. The number of fused-ring (bicyclic) bond motifs is 1. The van der Waals surface area contributed by atoms with Gasteiger partial charge in [0.05, 0.1) is 12.2 Å². The smallest absolute Gasteiger partial charge is 0.264 e. The monoisotopic (exact) mass is 421 g/mol. The van der Waals surface area contributed by atoms with E-state index in [0.717, 1.165) is 28.3 Å². The number of rotatable bonds is 6. The van der Waals surface area contributed by atoms with Crippen molar-refractivity contribution in [1.29, 1.82) is 0 Å². The van der Waals surface area contributed by atoms with Crippen LogP contribution < -0.4 is 10.1 Å². The Kier molecular flexibility index (Phi) is 6.09. The van der Waals surface area contributed by atoms with Crippen LogP contribution in [0.3, 0.4) is 0 Å². The molecule has 0 aliphatic carbocycles. The number of hydrogen-bond donors (Lipinski definition) is 1. The second-order valence-electron chi connectivity index (χ2n) is 7.03. The number of ether oxygens (including phenoxy) is 1. The molecule has 7 heteroatoms. The van der Waals surface area contributed by atoms with Crippen molar-refractivity contribution in [2.75, 3.05) is 18.5 Å². The van der Waals surface area contributed by atoms with Crippen LogP contribution >= 0.6 is 11.3 Å². The van der Waals surface area contributed by atoms with E-state index in [1.54, 1.807) is 0 Å². The number of nitrogens with zero attached hydrogens (tertiary/aromatic N) is 2. The Labute approximate surface area is 179 Å². The van der Waals surface area contributed by atoms with Gasteiger partial charge in [-0.2, -0.15) is 0 Å². The van der Waals surface area contributed by atoms with Crippen molar-refractivity contribution in [2.45, 2.75) is 26.3 Å². The molecule has 0 spiro atoms. The van der Waals surface area contributed by atoms with Gasteiger partial charge in [0.2, 0.25) is 0 Å². The SMILES string of the molecule is CCc1ccccc1OCC(=O)Nc1nc2c(s1)CN(C(=O)c1ccccc1)CC2. The number of anilines is 1. The van der Waals surface area contributed by atoms with Gasteiger partial charge in [0.1, 0.15) is 5.75 Å². The first-order valence-corrected chi connectivity index (χ1v) is 10.8. The van der Waals surface area contributed by atoms with Crippen molar-refractivity contribution in [1.82, 2.24) is 9.88 Å². The summed E-state index contributed by atoms with van der Waals surface area (Å²) >= 11 is 1.42. The summed E-state index contributed by atoms with van der Waals surface area (Å²) in [5.74, 6) is 0.496. The van der Waals surface area contributed by atoms with E-state index in [1.807, 2.05) is 66.4 Å². The molecule has 2 aromatic carbocycles. The standard InChI is InChI=1S/C23H23N3O3S/c1-2-16-8-6-7-11-19(16)29-15-21(27)25-23-24-18-12-13-26(14-20(18)30-23)22(28)17-9-4-3-5-10-17/h3-11H,2,12-15H2,1H3,(H,24,25,27). The minimum absolute atomic E-state index is 0.0169. The van der Waals surface area contributed by atoms with Gasteiger partial charge >= 0.3 is 0 Å². The number of aromatic nitrogens is 1. The number of thiazole rings is 1. The predicted octanol–water partition coefficient (Wildman–Crippen LogP) is 3.92. The topological polar surface area (TPSA) is 71.5 Å². The van der Waals surface area contributed by atoms with Crippen LogP contribution in [0.4, 0.5) is 5.13 Å². The van der Waals surface area contributed by atoms with E-state index in [1.165, 1.54) is 11.3 Å². The van der Waals surface area contributed by atoms with Gasteiger partial charge in [0.15, 0.2) is 11.7 Å². The van der Waals surface area contributed by atoms with Crippen LogP contribution in [-0.2, 0) is 24.2 Å². The highest BCUT2D eigenvalue weighted by atomic mass is 32.1. The molecule has 0 atom stereocenters. The summed E-state index contributed by atoms with van der Waals surface area (Å²) in [6.07, 6.45) is 1.52. The molecular weight excluding hydrogens is 398 g/mol. The minimum atomic E-state index is -0.246. The maximum absolute atomic E-state index is 12.7. The Hall–Kier alpha value is -3.19. The predicted molar refractivity (Wildman–Crippen MR) is 117 cm³/mol. The summed E-state index contributed by atoms with van der Waals surface area (Å²) in [4.78, 5) is 32.4. The van der Waals surface area contributed by atoms with E-state index in [-0.39, 0.29) is 18.4 Å². The number of hydrogen-bond acceptors (Lipinski definition) is 5. The van der Waals surface area contributed by atoms with Crippen LogP contribution in [-0.4, -0.2) is 34.8 Å². The number of amides is 2. The van der Waals surface area contributed by atoms with Crippen LogP contribution in [0.2, 0.25) is 0 Å². The molecule has 0 saturated carbocycles. The summed E-state index contributed by atoms with van der Waals surface area (Å²) in [7, 11) is 0. The Morgan fingerprint density at radius 1 is 1.13 bits per heavy atom. The zero-order valence-electron chi connectivity index (χ0n) is 16.8. The fourth-order valence-corrected chi connectivity index (χ4v) is 4.46. The molecular formula is C23H23N3O3S. The van der Waals surface area contributed by atoms with E-state index in [4.69, 9.17) is 4.74 Å². The maximum Gasteiger partial charge on any atom is 0.264 e. The van der Waals surface area contributed by atoms with Gasteiger partial charge in [0.25, 0.3) is 11.8 Å². The zero-order valence-corrected chi connectivity index (χ0v) is 17.6. The second kappa shape index (κ2) is 9.09. The van der Waals surface area contributed by atoms with Crippen LogP contribution in [0, 0.1) is 0 Å². The van der Waals surface area contributed by atoms with Crippen molar-refractivity contribution >= 4 is 28.3 Å². The summed E-state index contributed by atoms with van der Waals surface area (Å²) < 4.78 is 5.67. The van der Waals surface area contributed by atoms with Gasteiger partial charge in [-0.05, 0) is 30.2 Å². The Morgan fingerprint density at radius 2 is 1.90 bits per heavy atom. The summed E-state index contributed by atoms with van der Waals surface area (Å²) in [6.45, 7) is 3.11. The van der Waals surface area contributed by atoms with E-state index in [2.05, 4.69) is 10.3 Å². The lowest BCUT2D eigenvalue weighted by molar-refractivity contribution is -0.118. The molecule has 1 aromatic heterocycles. The number of aryl methyl sites for hydroxylation is 1. The molecule has 6 nitrogen and oxygen atoms in total. The third kappa shape index (κ3) is 4.52. The lowest BCUT2D eigenvalue weighted by atomic mass is 10.1. The molecule has 1 N–H and O–H groups in total. The summed E-state index contributed by atoms with van der Waals surface area (Å²) in [6, 6.07) is 17.0. The Morgan fingerprint density at radius 3 is 2.70 bits per heavy atom. The Bertz CT molecular complexity index is 1050. The average molecular weight is 422 g/mol. The molecule has 0 fully saturated rings. The molecule has 2 heterocycles. The largest absolute Gasteiger partial charge is 0.483 e. The molecule has 3 aromatic rings. The quantitative estimate of drug-likeness (QED) is 0.655. The maximum atomic E-state index is 12.7. The van der Waals surface area contributed by atoms with Crippen LogP contribution in [0.25, 0.3) is 0 Å². The number of carbonyl (C=O) groups excluding carboxylic acids is 2. The number of nitrogens with one attached hydrogen (secondary N) is 1. The van der Waals surface area contributed by atoms with E-state index in [0.29, 0.717) is 30.2 Å². The first-order chi connectivity index (χ1) is 14.6. The third-order valence-electron chi connectivity index (χ3n) is 5.00. The molecule has 0 radical (unpaired) electrons. The van der Waals surface area contributed by atoms with Crippen LogP contribution in [0.1, 0.15) is 33.4 Å². The van der Waals surface area contributed by atoms with Crippen LogP contribution in [0.15, 0.2) is 54.6 Å². The highest BCUT2D eigenvalue weighted by Crippen LogP contribution is 2.29. The molecule has 4 rings (SSSR count). The van der Waals surface area contributed by atoms with Crippen molar-refractivity contribution < 1.29 is 14.3 Å². The van der Waals surface area contributed by atoms with Gasteiger partial charge < -0.3 is 9.64 Å². The highest BCUT2D eigenvalue weighted by Gasteiger charge is 2.25. The fraction of sp³-hybridized carbons (Fsp3) is 0.261. The van der Waals surface area contributed by atoms with Crippen molar-refractivity contribution in [2.24, 2.45) is 0 Å². The second-order valence-corrected chi connectivity index (χ2v) is 8.11. The fourth-order valence-electron chi connectivity index (χ4n) is 3.42. The first-order valence-electron chi connectivity index (χ1n) is 9.97. The molecule has 1 aliphatic rings. The van der Waals surface area contributed by atoms with Gasteiger partial charge in [-0.25, -0.2) is 4.98 Å². The van der Waals surface area contributed by atoms with Crippen molar-refractivity contribution in [3.63, 3.8) is 0 Å². The molecule has 154 valence electrons. The average Bonchev–Trinajstić information content (AvgIpc) is 3.19. The molecule has 1 aliphatic heterocycles. The van der Waals surface area contributed by atoms with E-state index >= 15 is 0 Å². The summed E-state index contributed by atoms with van der Waals surface area (Å²) in [5, 5.41) is 3.37. The Balaban J connectivity index is 1.36. The van der Waals surface area contributed by atoms with Crippen LogP contribution in [0.5, 0.6) is 5.75 Å². The lowest BCUT2D eigenvalue weighted by Crippen LogP contribution is -2.35. The zero-order chi connectivity index (χ0) is 20.9. The number of benzene rings is 2. The van der Waals surface area contributed by atoms with E-state index in [9.17, 15) is 9.59 Å². The third-order valence-corrected chi connectivity index (χ3v) is 6.00. The van der Waals surface area contributed by atoms with Gasteiger partial charge in [-0.1, -0.05) is 54.7 Å². The lowest BCUT2D eigenvalue weighted by Gasteiger charge is -2.26. The van der Waals surface area contributed by atoms with Gasteiger partial charge in [-0.15, -0.1) is 0 Å². The minimum Gasteiger partial charge on any atom is -0.483 e. The molecule has 0 saturated heterocycles. The number of carbonyl (C=O) groups is 2. The highest BCUT2D eigenvalue weighted by molar-refractivity contribution is 7.15.